The van der Waals surface area contributed by atoms with Crippen molar-refractivity contribution in [2.24, 2.45) is 0 Å². The van der Waals surface area contributed by atoms with Crippen molar-refractivity contribution < 1.29 is 8.42 Å². The Labute approximate surface area is 108 Å². The number of anilines is 1. The van der Waals surface area contributed by atoms with E-state index >= 15 is 0 Å². The third-order valence-electron chi connectivity index (χ3n) is 2.47. The average Bonchev–Trinajstić information content (AvgIpc) is 2.21. The van der Waals surface area contributed by atoms with Crippen LogP contribution >= 0.6 is 11.6 Å². The van der Waals surface area contributed by atoms with Crippen molar-refractivity contribution in [2.45, 2.75) is 26.8 Å². The Morgan fingerprint density at radius 2 is 2.06 bits per heavy atom. The normalized spacial score (nSPS) is 13.4. The molecule has 0 bridgehead atoms. The first-order valence-electron chi connectivity index (χ1n) is 5.57. The summed E-state index contributed by atoms with van der Waals surface area (Å²) < 4.78 is 22.9. The van der Waals surface area contributed by atoms with Gasteiger partial charge in [0.2, 0.25) is 0 Å². The standard InChI is InChI=1S/C12H18ClNO2S/c1-4-17(15,16)8-10(3)14-12-6-5-9(2)7-11(12)13/h5-7,10,14H,4,8H2,1-3H3. The number of nitrogens with one attached hydrogen (secondary N) is 1. The summed E-state index contributed by atoms with van der Waals surface area (Å²) in [6.07, 6.45) is 0. The van der Waals surface area contributed by atoms with Crippen molar-refractivity contribution in [3.05, 3.63) is 28.8 Å². The van der Waals surface area contributed by atoms with Crippen LogP contribution in [0.25, 0.3) is 0 Å². The minimum Gasteiger partial charge on any atom is -0.380 e. The van der Waals surface area contributed by atoms with Gasteiger partial charge in [0, 0.05) is 11.8 Å². The highest BCUT2D eigenvalue weighted by Crippen LogP contribution is 2.23. The molecule has 0 aliphatic rings. The molecule has 0 radical (unpaired) electrons. The Hall–Kier alpha value is -0.740. The van der Waals surface area contributed by atoms with Crippen LogP contribution in [0.4, 0.5) is 5.69 Å². The van der Waals surface area contributed by atoms with E-state index in [-0.39, 0.29) is 17.5 Å². The van der Waals surface area contributed by atoms with Crippen LogP contribution in [0.1, 0.15) is 19.4 Å². The van der Waals surface area contributed by atoms with Gasteiger partial charge in [-0.1, -0.05) is 24.6 Å². The van der Waals surface area contributed by atoms with Gasteiger partial charge in [0.15, 0.2) is 9.84 Å². The quantitative estimate of drug-likeness (QED) is 0.899. The van der Waals surface area contributed by atoms with E-state index in [4.69, 9.17) is 11.6 Å². The fourth-order valence-corrected chi connectivity index (χ4v) is 2.91. The first-order valence-corrected chi connectivity index (χ1v) is 7.77. The second-order valence-corrected chi connectivity index (χ2v) is 7.03. The number of halogens is 1. The third-order valence-corrected chi connectivity index (χ3v) is 4.67. The lowest BCUT2D eigenvalue weighted by molar-refractivity contribution is 0.593. The zero-order valence-electron chi connectivity index (χ0n) is 10.3. The Morgan fingerprint density at radius 1 is 1.41 bits per heavy atom. The molecule has 0 aromatic heterocycles. The molecule has 0 fully saturated rings. The van der Waals surface area contributed by atoms with Crippen LogP contribution in [-0.4, -0.2) is 26.0 Å². The molecule has 17 heavy (non-hydrogen) atoms. The van der Waals surface area contributed by atoms with Crippen molar-refractivity contribution in [3.8, 4) is 0 Å². The number of hydrogen-bond donors (Lipinski definition) is 1. The number of hydrogen-bond acceptors (Lipinski definition) is 3. The average molecular weight is 276 g/mol. The molecule has 0 aliphatic carbocycles. The van der Waals surface area contributed by atoms with Crippen LogP contribution in [0.2, 0.25) is 5.02 Å². The van der Waals surface area contributed by atoms with E-state index in [0.717, 1.165) is 11.3 Å². The van der Waals surface area contributed by atoms with E-state index in [1.54, 1.807) is 6.92 Å². The summed E-state index contributed by atoms with van der Waals surface area (Å²) >= 11 is 6.07. The van der Waals surface area contributed by atoms with Crippen LogP contribution in [0, 0.1) is 6.92 Å². The lowest BCUT2D eigenvalue weighted by atomic mass is 10.2. The van der Waals surface area contributed by atoms with Gasteiger partial charge >= 0.3 is 0 Å². The smallest absolute Gasteiger partial charge is 0.152 e. The Balaban J connectivity index is 2.72. The highest BCUT2D eigenvalue weighted by Gasteiger charge is 2.14. The molecular formula is C12H18ClNO2S. The van der Waals surface area contributed by atoms with E-state index in [9.17, 15) is 8.42 Å². The minimum atomic E-state index is -2.97. The minimum absolute atomic E-state index is 0.119. The largest absolute Gasteiger partial charge is 0.380 e. The van der Waals surface area contributed by atoms with Crippen LogP contribution < -0.4 is 5.32 Å². The van der Waals surface area contributed by atoms with Crippen molar-refractivity contribution in [1.29, 1.82) is 0 Å². The molecule has 0 spiro atoms. The first-order chi connectivity index (χ1) is 7.84. The van der Waals surface area contributed by atoms with E-state index < -0.39 is 9.84 Å². The second-order valence-electron chi connectivity index (χ2n) is 4.23. The molecular weight excluding hydrogens is 258 g/mol. The van der Waals surface area contributed by atoms with Crippen molar-refractivity contribution in [1.82, 2.24) is 0 Å². The molecule has 0 heterocycles. The molecule has 0 saturated heterocycles. The topological polar surface area (TPSA) is 46.2 Å². The molecule has 0 aliphatic heterocycles. The van der Waals surface area contributed by atoms with E-state index in [1.165, 1.54) is 0 Å². The molecule has 3 nitrogen and oxygen atoms in total. The summed E-state index contributed by atoms with van der Waals surface area (Å²) in [7, 11) is -2.97. The van der Waals surface area contributed by atoms with Crippen molar-refractivity contribution in [3.63, 3.8) is 0 Å². The maximum atomic E-state index is 11.5. The molecule has 96 valence electrons. The van der Waals surface area contributed by atoms with Crippen molar-refractivity contribution >= 4 is 27.1 Å². The first kappa shape index (κ1) is 14.3. The van der Waals surface area contributed by atoms with Gasteiger partial charge in [-0.2, -0.15) is 0 Å². The zero-order valence-corrected chi connectivity index (χ0v) is 11.9. The Kier molecular flexibility index (Phi) is 4.83. The van der Waals surface area contributed by atoms with Crippen LogP contribution in [0.3, 0.4) is 0 Å². The summed E-state index contributed by atoms with van der Waals surface area (Å²) in [6, 6.07) is 5.51. The summed E-state index contributed by atoms with van der Waals surface area (Å²) in [6.45, 7) is 5.45. The number of benzene rings is 1. The van der Waals surface area contributed by atoms with Gasteiger partial charge in [0.1, 0.15) is 0 Å². The molecule has 0 amide bonds. The lowest BCUT2D eigenvalue weighted by Gasteiger charge is -2.16. The van der Waals surface area contributed by atoms with Gasteiger partial charge in [-0.25, -0.2) is 8.42 Å². The van der Waals surface area contributed by atoms with Gasteiger partial charge in [-0.3, -0.25) is 0 Å². The fraction of sp³-hybridized carbons (Fsp3) is 0.500. The molecule has 1 rings (SSSR count). The second kappa shape index (κ2) is 5.74. The van der Waals surface area contributed by atoms with Crippen LogP contribution in [0.5, 0.6) is 0 Å². The van der Waals surface area contributed by atoms with Gasteiger partial charge in [0.05, 0.1) is 16.5 Å². The van der Waals surface area contributed by atoms with Crippen LogP contribution in [-0.2, 0) is 9.84 Å². The monoisotopic (exact) mass is 275 g/mol. The SMILES string of the molecule is CCS(=O)(=O)CC(C)Nc1ccc(C)cc1Cl. The Bertz CT molecular complexity index is 485. The predicted molar refractivity (Wildman–Crippen MR) is 73.6 cm³/mol. The van der Waals surface area contributed by atoms with E-state index in [0.29, 0.717) is 5.02 Å². The number of rotatable bonds is 5. The molecule has 1 aromatic rings. The van der Waals surface area contributed by atoms with Crippen LogP contribution in [0.15, 0.2) is 18.2 Å². The maximum absolute atomic E-state index is 11.5. The molecule has 1 unspecified atom stereocenters. The summed E-state index contributed by atoms with van der Waals surface area (Å²) in [4.78, 5) is 0. The summed E-state index contributed by atoms with van der Waals surface area (Å²) in [5.74, 6) is 0.286. The highest BCUT2D eigenvalue weighted by atomic mass is 35.5. The van der Waals surface area contributed by atoms with Gasteiger partial charge in [0.25, 0.3) is 0 Å². The van der Waals surface area contributed by atoms with Gasteiger partial charge in [-0.05, 0) is 31.5 Å². The van der Waals surface area contributed by atoms with Gasteiger partial charge in [-0.15, -0.1) is 0 Å². The van der Waals surface area contributed by atoms with Gasteiger partial charge < -0.3 is 5.32 Å². The molecule has 1 atom stereocenters. The predicted octanol–water partition coefficient (Wildman–Crippen LogP) is 2.88. The zero-order chi connectivity index (χ0) is 13.1. The summed E-state index contributed by atoms with van der Waals surface area (Å²) in [5, 5.41) is 3.73. The Morgan fingerprint density at radius 3 is 2.59 bits per heavy atom. The maximum Gasteiger partial charge on any atom is 0.152 e. The molecule has 1 N–H and O–H groups in total. The van der Waals surface area contributed by atoms with Crippen molar-refractivity contribution in [2.75, 3.05) is 16.8 Å². The molecule has 0 saturated carbocycles. The van der Waals surface area contributed by atoms with E-state index in [1.807, 2.05) is 32.0 Å². The molecule has 5 heteroatoms. The third kappa shape index (κ3) is 4.56. The summed E-state index contributed by atoms with van der Waals surface area (Å²) in [5.41, 5.74) is 1.85. The molecule has 1 aromatic carbocycles. The highest BCUT2D eigenvalue weighted by molar-refractivity contribution is 7.91. The van der Waals surface area contributed by atoms with E-state index in [2.05, 4.69) is 5.32 Å². The lowest BCUT2D eigenvalue weighted by Crippen LogP contribution is -2.26. The fourth-order valence-electron chi connectivity index (χ4n) is 1.54. The number of sulfone groups is 1. The number of aryl methyl sites for hydroxylation is 1.